The number of nitrogens with one attached hydrogen (secondary N) is 1. The minimum Gasteiger partial charge on any atom is -0.479 e. The maximum Gasteiger partial charge on any atom is 0.371 e. The molecule has 1 aliphatic carbocycles. The third-order valence-corrected chi connectivity index (χ3v) is 8.05. The van der Waals surface area contributed by atoms with Crippen LogP contribution in [0.25, 0.3) is 5.52 Å². The molecule has 5 atom stereocenters. The summed E-state index contributed by atoms with van der Waals surface area (Å²) in [5.74, 6) is -1.44. The highest BCUT2D eigenvalue weighted by Crippen LogP contribution is 2.52. The van der Waals surface area contributed by atoms with Crippen molar-refractivity contribution in [2.45, 2.75) is 61.5 Å². The number of methoxy groups -OCH3 is 1. The SMILES string of the molecule is COC[C@](OC[C@H]1O[C@@H](c2ccc3c(NC4CCCC4)nc(Cl)nn23)[C@H](O)[C@@H]1O)(C(=O)O)P(=O)(O)O. The van der Waals surface area contributed by atoms with Gasteiger partial charge < -0.3 is 44.6 Å². The molecule has 16 heteroatoms. The van der Waals surface area contributed by atoms with Gasteiger partial charge in [-0.3, -0.25) is 4.57 Å². The average molecular weight is 551 g/mol. The van der Waals surface area contributed by atoms with Crippen molar-refractivity contribution in [3.05, 3.63) is 23.1 Å². The highest BCUT2D eigenvalue weighted by atomic mass is 35.5. The van der Waals surface area contributed by atoms with Gasteiger partial charge >= 0.3 is 13.6 Å². The first-order valence-corrected chi connectivity index (χ1v) is 13.2. The van der Waals surface area contributed by atoms with Crippen LogP contribution in [0.5, 0.6) is 0 Å². The van der Waals surface area contributed by atoms with E-state index in [2.05, 4.69) is 20.1 Å². The Morgan fingerprint density at radius 3 is 2.61 bits per heavy atom. The summed E-state index contributed by atoms with van der Waals surface area (Å²) in [6, 6.07) is 3.56. The summed E-state index contributed by atoms with van der Waals surface area (Å²) in [5, 5.41) is 35.2. The van der Waals surface area contributed by atoms with Gasteiger partial charge in [-0.25, -0.2) is 9.31 Å². The predicted molar refractivity (Wildman–Crippen MR) is 124 cm³/mol. The zero-order valence-corrected chi connectivity index (χ0v) is 20.9. The fourth-order valence-corrected chi connectivity index (χ4v) is 5.53. The van der Waals surface area contributed by atoms with Crippen LogP contribution >= 0.6 is 19.2 Å². The first-order valence-electron chi connectivity index (χ1n) is 11.2. The summed E-state index contributed by atoms with van der Waals surface area (Å²) >= 11 is 6.14. The van der Waals surface area contributed by atoms with Gasteiger partial charge in [0.2, 0.25) is 5.28 Å². The number of aliphatic hydroxyl groups excluding tert-OH is 2. The van der Waals surface area contributed by atoms with Crippen molar-refractivity contribution in [3.8, 4) is 0 Å². The minimum atomic E-state index is -5.38. The van der Waals surface area contributed by atoms with E-state index < -0.39 is 56.5 Å². The number of hydrogen-bond acceptors (Lipinski definition) is 10. The molecule has 6 N–H and O–H groups in total. The lowest BCUT2D eigenvalue weighted by Crippen LogP contribution is -2.48. The Kier molecular flexibility index (Phi) is 7.91. The minimum absolute atomic E-state index is 0.0548. The molecule has 200 valence electrons. The quantitative estimate of drug-likeness (QED) is 0.223. The van der Waals surface area contributed by atoms with E-state index in [-0.39, 0.29) is 11.3 Å². The summed E-state index contributed by atoms with van der Waals surface area (Å²) in [6.45, 7) is -1.72. The van der Waals surface area contributed by atoms with E-state index in [1.807, 2.05) is 0 Å². The number of anilines is 1. The number of carboxylic acids is 1. The van der Waals surface area contributed by atoms with Gasteiger partial charge in [-0.15, -0.1) is 5.10 Å². The summed E-state index contributed by atoms with van der Waals surface area (Å²) in [6.07, 6.45) is -1.32. The van der Waals surface area contributed by atoms with Gasteiger partial charge in [-0.05, 0) is 36.6 Å². The molecule has 0 radical (unpaired) electrons. The van der Waals surface area contributed by atoms with E-state index in [9.17, 15) is 34.5 Å². The van der Waals surface area contributed by atoms with Crippen LogP contribution in [0.2, 0.25) is 5.28 Å². The highest BCUT2D eigenvalue weighted by Gasteiger charge is 2.57. The van der Waals surface area contributed by atoms with Crippen LogP contribution in [0.4, 0.5) is 5.82 Å². The number of rotatable bonds is 10. The van der Waals surface area contributed by atoms with Crippen LogP contribution in [-0.4, -0.2) is 95.7 Å². The lowest BCUT2D eigenvalue weighted by atomic mass is 10.1. The van der Waals surface area contributed by atoms with Crippen molar-refractivity contribution in [3.63, 3.8) is 0 Å². The number of carboxylic acid groups (broad SMARTS) is 1. The first-order chi connectivity index (χ1) is 17.0. The van der Waals surface area contributed by atoms with Crippen LogP contribution in [0.15, 0.2) is 12.1 Å². The maximum absolute atomic E-state index is 11.9. The fraction of sp³-hybridized carbons (Fsp3) is 0.650. The zero-order valence-electron chi connectivity index (χ0n) is 19.2. The largest absolute Gasteiger partial charge is 0.479 e. The summed E-state index contributed by atoms with van der Waals surface area (Å²) in [7, 11) is -4.33. The third kappa shape index (κ3) is 4.97. The molecule has 1 saturated carbocycles. The molecule has 0 unspecified atom stereocenters. The maximum atomic E-state index is 11.9. The second-order valence-electron chi connectivity index (χ2n) is 8.86. The van der Waals surface area contributed by atoms with E-state index >= 15 is 0 Å². The van der Waals surface area contributed by atoms with Gasteiger partial charge in [0.05, 0.1) is 18.9 Å². The van der Waals surface area contributed by atoms with Crippen LogP contribution in [0, 0.1) is 0 Å². The van der Waals surface area contributed by atoms with Crippen molar-refractivity contribution in [1.29, 1.82) is 0 Å². The summed E-state index contributed by atoms with van der Waals surface area (Å²) in [4.78, 5) is 35.2. The van der Waals surface area contributed by atoms with Gasteiger partial charge in [0, 0.05) is 13.2 Å². The molecular weight excluding hydrogens is 523 g/mol. The Hall–Kier alpha value is -1.87. The van der Waals surface area contributed by atoms with E-state index in [0.717, 1.165) is 32.8 Å². The average Bonchev–Trinajstić information content (AvgIpc) is 3.52. The van der Waals surface area contributed by atoms with Crippen molar-refractivity contribution in [2.75, 3.05) is 25.6 Å². The predicted octanol–water partition coefficient (Wildman–Crippen LogP) is 0.520. The molecule has 2 fully saturated rings. The van der Waals surface area contributed by atoms with Crippen LogP contribution in [0.1, 0.15) is 37.5 Å². The number of ether oxygens (including phenoxy) is 3. The van der Waals surface area contributed by atoms with E-state index in [0.29, 0.717) is 17.0 Å². The van der Waals surface area contributed by atoms with E-state index in [1.165, 1.54) is 4.52 Å². The second-order valence-corrected chi connectivity index (χ2v) is 11.0. The number of aliphatic hydroxyl groups is 2. The molecule has 3 heterocycles. The van der Waals surface area contributed by atoms with Gasteiger partial charge in [-0.2, -0.15) is 4.98 Å². The number of carbonyl (C=O) groups is 1. The number of hydrogen-bond donors (Lipinski definition) is 6. The van der Waals surface area contributed by atoms with Gasteiger partial charge in [0.15, 0.2) is 5.82 Å². The lowest BCUT2D eigenvalue weighted by molar-refractivity contribution is -0.168. The molecule has 1 saturated heterocycles. The number of aromatic nitrogens is 3. The molecule has 2 aromatic heterocycles. The van der Waals surface area contributed by atoms with Gasteiger partial charge in [-0.1, -0.05) is 12.8 Å². The number of fused-ring (bicyclic) bond motifs is 1. The monoisotopic (exact) mass is 550 g/mol. The highest BCUT2D eigenvalue weighted by molar-refractivity contribution is 7.54. The van der Waals surface area contributed by atoms with Crippen LogP contribution < -0.4 is 5.32 Å². The summed E-state index contributed by atoms with van der Waals surface area (Å²) < 4.78 is 28.9. The molecule has 0 bridgehead atoms. The van der Waals surface area contributed by atoms with Crippen LogP contribution in [0.3, 0.4) is 0 Å². The molecule has 2 aromatic rings. The summed E-state index contributed by atoms with van der Waals surface area (Å²) in [5.41, 5.74) is 0.895. The second kappa shape index (κ2) is 10.5. The van der Waals surface area contributed by atoms with E-state index in [4.69, 9.17) is 21.1 Å². The standard InChI is InChI=1S/C20H28ClN4O10P/c1-33-9-20(18(28)29,36(30,31)32)34-8-13-14(26)15(27)16(35-13)11-6-7-12-17(22-10-4-2-3-5-10)23-19(21)24-25(11)12/h6-7,10,13-16,26-27H,2-5,8-9H2,1H3,(H,28,29)(H,22,23,24)(H2,30,31,32)/t13-,14-,15-,16+,20-/m1/s1. The number of aliphatic carboxylic acids is 1. The van der Waals surface area contributed by atoms with Gasteiger partial charge in [0.25, 0.3) is 5.34 Å². The Bertz CT molecular complexity index is 1150. The first kappa shape index (κ1) is 27.2. The molecule has 36 heavy (non-hydrogen) atoms. The Balaban J connectivity index is 1.57. The molecule has 0 aromatic carbocycles. The molecular formula is C20H28ClN4O10P. The Morgan fingerprint density at radius 1 is 1.31 bits per heavy atom. The fourth-order valence-electron chi connectivity index (χ4n) is 4.58. The molecule has 14 nitrogen and oxygen atoms in total. The molecule has 0 spiro atoms. The normalized spacial score (nSPS) is 26.9. The van der Waals surface area contributed by atoms with E-state index in [1.54, 1.807) is 12.1 Å². The molecule has 2 aliphatic rings. The Labute approximate surface area is 210 Å². The molecule has 1 aliphatic heterocycles. The zero-order chi connectivity index (χ0) is 26.3. The van der Waals surface area contributed by atoms with Gasteiger partial charge in [0.1, 0.15) is 29.9 Å². The van der Waals surface area contributed by atoms with Crippen molar-refractivity contribution < 1.29 is 48.7 Å². The number of halogens is 1. The molecule has 4 rings (SSSR count). The Morgan fingerprint density at radius 2 is 2.00 bits per heavy atom. The van der Waals surface area contributed by atoms with Crippen molar-refractivity contribution >= 4 is 36.5 Å². The van der Waals surface area contributed by atoms with Crippen molar-refractivity contribution in [2.24, 2.45) is 0 Å². The lowest BCUT2D eigenvalue weighted by Gasteiger charge is -2.30. The van der Waals surface area contributed by atoms with Crippen molar-refractivity contribution in [1.82, 2.24) is 14.6 Å². The smallest absolute Gasteiger partial charge is 0.371 e. The van der Waals surface area contributed by atoms with Crippen LogP contribution in [-0.2, 0) is 23.6 Å². The third-order valence-electron chi connectivity index (χ3n) is 6.49. The topological polar surface area (TPSA) is 205 Å². The molecule has 0 amide bonds. The number of nitrogens with zero attached hydrogens (tertiary/aromatic N) is 3.